The lowest BCUT2D eigenvalue weighted by Crippen LogP contribution is -2.36. The van der Waals surface area contributed by atoms with Gasteiger partial charge in [0.05, 0.1) is 11.7 Å². The van der Waals surface area contributed by atoms with Gasteiger partial charge in [-0.15, -0.1) is 0 Å². The second kappa shape index (κ2) is 6.23. The Kier molecular flexibility index (Phi) is 4.92. The Morgan fingerprint density at radius 1 is 1.56 bits per heavy atom. The van der Waals surface area contributed by atoms with E-state index in [4.69, 9.17) is 5.73 Å². The highest BCUT2D eigenvalue weighted by Gasteiger charge is 2.17. The summed E-state index contributed by atoms with van der Waals surface area (Å²) in [5.74, 6) is -0.102. The van der Waals surface area contributed by atoms with Gasteiger partial charge < -0.3 is 11.1 Å². The summed E-state index contributed by atoms with van der Waals surface area (Å²) in [5, 5.41) is 2.92. The molecule has 88 valence electrons. The van der Waals surface area contributed by atoms with Crippen LogP contribution in [-0.4, -0.2) is 17.4 Å². The summed E-state index contributed by atoms with van der Waals surface area (Å²) in [7, 11) is 0. The number of hydrogen-bond acceptors (Lipinski definition) is 3. The first-order valence-electron chi connectivity index (χ1n) is 5.60. The van der Waals surface area contributed by atoms with Crippen LogP contribution in [0.2, 0.25) is 0 Å². The van der Waals surface area contributed by atoms with Gasteiger partial charge in [-0.2, -0.15) is 0 Å². The fourth-order valence-electron chi connectivity index (χ4n) is 1.50. The van der Waals surface area contributed by atoms with Crippen LogP contribution in [0.1, 0.15) is 32.0 Å². The van der Waals surface area contributed by atoms with Gasteiger partial charge in [0.1, 0.15) is 0 Å². The minimum atomic E-state index is -0.105. The molecule has 0 bridgehead atoms. The zero-order valence-corrected chi connectivity index (χ0v) is 9.81. The molecule has 1 heterocycles. The van der Waals surface area contributed by atoms with E-state index < -0.39 is 0 Å². The van der Waals surface area contributed by atoms with Crippen molar-refractivity contribution >= 4 is 5.91 Å². The molecule has 1 amide bonds. The molecule has 4 heteroatoms. The number of rotatable bonds is 5. The summed E-state index contributed by atoms with van der Waals surface area (Å²) in [6, 6.07) is 5.58. The molecule has 1 aromatic rings. The highest BCUT2D eigenvalue weighted by atomic mass is 16.1. The molecule has 0 radical (unpaired) electrons. The van der Waals surface area contributed by atoms with Crippen molar-refractivity contribution in [3.8, 4) is 0 Å². The smallest absolute Gasteiger partial charge is 0.224 e. The monoisotopic (exact) mass is 221 g/mol. The molecule has 0 aliphatic carbocycles. The lowest BCUT2D eigenvalue weighted by atomic mass is 10.1. The molecular formula is C12H19N3O. The van der Waals surface area contributed by atoms with Gasteiger partial charge in [-0.3, -0.25) is 9.78 Å². The van der Waals surface area contributed by atoms with Crippen molar-refractivity contribution in [2.45, 2.75) is 26.3 Å². The number of carbonyl (C=O) groups excluding carboxylic acids is 1. The molecule has 0 saturated heterocycles. The Balaban J connectivity index is 2.58. The number of amides is 1. The Morgan fingerprint density at radius 3 is 2.81 bits per heavy atom. The van der Waals surface area contributed by atoms with Crippen LogP contribution in [-0.2, 0) is 4.79 Å². The van der Waals surface area contributed by atoms with Crippen molar-refractivity contribution in [3.63, 3.8) is 0 Å². The maximum atomic E-state index is 11.8. The van der Waals surface area contributed by atoms with Crippen molar-refractivity contribution < 1.29 is 4.79 Å². The third-order valence-corrected chi connectivity index (χ3v) is 2.64. The van der Waals surface area contributed by atoms with E-state index in [1.165, 1.54) is 0 Å². The molecule has 0 saturated carbocycles. The highest BCUT2D eigenvalue weighted by Crippen LogP contribution is 2.10. The summed E-state index contributed by atoms with van der Waals surface area (Å²) in [6.07, 6.45) is 2.48. The van der Waals surface area contributed by atoms with Crippen LogP contribution in [0.3, 0.4) is 0 Å². The van der Waals surface area contributed by atoms with E-state index in [1.54, 1.807) is 6.20 Å². The molecule has 1 aromatic heterocycles. The van der Waals surface area contributed by atoms with E-state index in [0.717, 1.165) is 12.1 Å². The van der Waals surface area contributed by atoms with Gasteiger partial charge in [-0.25, -0.2) is 0 Å². The van der Waals surface area contributed by atoms with Gasteiger partial charge in [-0.05, 0) is 25.5 Å². The molecule has 16 heavy (non-hydrogen) atoms. The molecule has 0 aliphatic rings. The Bertz CT molecular complexity index is 322. The van der Waals surface area contributed by atoms with Gasteiger partial charge >= 0.3 is 0 Å². The van der Waals surface area contributed by atoms with Crippen LogP contribution < -0.4 is 11.1 Å². The number of nitrogens with zero attached hydrogens (tertiary/aromatic N) is 1. The maximum absolute atomic E-state index is 11.8. The van der Waals surface area contributed by atoms with Crippen LogP contribution in [0.15, 0.2) is 24.4 Å². The first-order chi connectivity index (χ1) is 7.69. The lowest BCUT2D eigenvalue weighted by Gasteiger charge is -2.17. The van der Waals surface area contributed by atoms with Crippen molar-refractivity contribution in [2.75, 3.05) is 6.54 Å². The normalized spacial score (nSPS) is 14.2. The molecule has 4 nitrogen and oxygen atoms in total. The van der Waals surface area contributed by atoms with Crippen LogP contribution in [0.4, 0.5) is 0 Å². The molecule has 1 rings (SSSR count). The summed E-state index contributed by atoms with van der Waals surface area (Å²) in [6.45, 7) is 4.27. The Morgan fingerprint density at radius 2 is 2.31 bits per heavy atom. The summed E-state index contributed by atoms with van der Waals surface area (Å²) in [4.78, 5) is 16.0. The summed E-state index contributed by atoms with van der Waals surface area (Å²) in [5.41, 5.74) is 6.39. The number of nitrogens with one attached hydrogen (secondary N) is 1. The molecule has 0 spiro atoms. The number of nitrogens with two attached hydrogens (primary N) is 1. The van der Waals surface area contributed by atoms with E-state index in [2.05, 4.69) is 10.3 Å². The quantitative estimate of drug-likeness (QED) is 0.786. The zero-order valence-electron chi connectivity index (χ0n) is 9.81. The molecule has 0 aromatic carbocycles. The predicted molar refractivity (Wildman–Crippen MR) is 63.6 cm³/mol. The molecule has 0 aliphatic heterocycles. The molecule has 1 unspecified atom stereocenters. The van der Waals surface area contributed by atoms with Crippen LogP contribution >= 0.6 is 0 Å². The average molecular weight is 221 g/mol. The first kappa shape index (κ1) is 12.6. The Labute approximate surface area is 96.3 Å². The number of carbonyl (C=O) groups is 1. The summed E-state index contributed by atoms with van der Waals surface area (Å²) < 4.78 is 0. The van der Waals surface area contributed by atoms with Gasteiger partial charge in [0.2, 0.25) is 5.91 Å². The number of pyridine rings is 1. The van der Waals surface area contributed by atoms with Gasteiger partial charge in [0.25, 0.3) is 0 Å². The lowest BCUT2D eigenvalue weighted by molar-refractivity contribution is -0.125. The molecule has 0 fully saturated rings. The second-order valence-electron chi connectivity index (χ2n) is 3.83. The topological polar surface area (TPSA) is 68.0 Å². The minimum Gasteiger partial charge on any atom is -0.348 e. The van der Waals surface area contributed by atoms with E-state index in [1.807, 2.05) is 32.0 Å². The van der Waals surface area contributed by atoms with E-state index in [9.17, 15) is 4.79 Å². The van der Waals surface area contributed by atoms with E-state index in [-0.39, 0.29) is 17.9 Å². The molecular weight excluding hydrogens is 202 g/mol. The number of aromatic nitrogens is 1. The van der Waals surface area contributed by atoms with Crippen LogP contribution in [0.5, 0.6) is 0 Å². The van der Waals surface area contributed by atoms with Gasteiger partial charge in [-0.1, -0.05) is 13.0 Å². The fourth-order valence-corrected chi connectivity index (χ4v) is 1.50. The van der Waals surface area contributed by atoms with Gasteiger partial charge in [0.15, 0.2) is 0 Å². The predicted octanol–water partition coefficient (Wildman–Crippen LogP) is 1.24. The van der Waals surface area contributed by atoms with Crippen LogP contribution in [0, 0.1) is 5.92 Å². The van der Waals surface area contributed by atoms with E-state index >= 15 is 0 Å². The Hall–Kier alpha value is -1.42. The fraction of sp³-hybridized carbons (Fsp3) is 0.500. The molecule has 2 atom stereocenters. The van der Waals surface area contributed by atoms with Crippen molar-refractivity contribution in [1.29, 1.82) is 0 Å². The summed E-state index contributed by atoms with van der Waals surface area (Å²) >= 11 is 0. The van der Waals surface area contributed by atoms with Gasteiger partial charge in [0, 0.05) is 18.7 Å². The third kappa shape index (κ3) is 3.31. The average Bonchev–Trinajstić information content (AvgIpc) is 2.31. The standard InChI is InChI=1S/C12H19N3O/c1-3-10(8-13)12(16)15-9(2)11-6-4-5-7-14-11/h4-7,9-10H,3,8,13H2,1-2H3,(H,15,16)/t9-,10?/m0/s1. The number of hydrogen-bond donors (Lipinski definition) is 2. The third-order valence-electron chi connectivity index (χ3n) is 2.64. The second-order valence-corrected chi connectivity index (χ2v) is 3.83. The highest BCUT2D eigenvalue weighted by molar-refractivity contribution is 5.79. The minimum absolute atomic E-state index is 0.00292. The molecule has 3 N–H and O–H groups in total. The largest absolute Gasteiger partial charge is 0.348 e. The van der Waals surface area contributed by atoms with Crippen molar-refractivity contribution in [2.24, 2.45) is 11.7 Å². The van der Waals surface area contributed by atoms with E-state index in [0.29, 0.717) is 6.54 Å². The maximum Gasteiger partial charge on any atom is 0.224 e. The van der Waals surface area contributed by atoms with Crippen molar-refractivity contribution in [1.82, 2.24) is 10.3 Å². The van der Waals surface area contributed by atoms with Crippen molar-refractivity contribution in [3.05, 3.63) is 30.1 Å². The SMILES string of the molecule is CCC(CN)C(=O)N[C@@H](C)c1ccccn1. The zero-order chi connectivity index (χ0) is 12.0. The van der Waals surface area contributed by atoms with Crippen LogP contribution in [0.25, 0.3) is 0 Å². The first-order valence-corrected chi connectivity index (χ1v) is 5.60.